The van der Waals surface area contributed by atoms with E-state index in [1.165, 1.54) is 0 Å². The molecule has 0 aliphatic heterocycles. The molecule has 1 aromatic carbocycles. The summed E-state index contributed by atoms with van der Waals surface area (Å²) in [5, 5.41) is 0. The van der Waals surface area contributed by atoms with E-state index >= 15 is 0 Å². The molecule has 22 heavy (non-hydrogen) atoms. The van der Waals surface area contributed by atoms with Gasteiger partial charge < -0.3 is 0 Å². The third kappa shape index (κ3) is 3.21. The fourth-order valence-electron chi connectivity index (χ4n) is 2.79. The van der Waals surface area contributed by atoms with E-state index < -0.39 is 0 Å². The molecule has 1 atom stereocenters. The predicted molar refractivity (Wildman–Crippen MR) is 88.6 cm³/mol. The van der Waals surface area contributed by atoms with Gasteiger partial charge in [-0.25, -0.2) is 4.68 Å². The van der Waals surface area contributed by atoms with Gasteiger partial charge in [0.1, 0.15) is 5.56 Å². The van der Waals surface area contributed by atoms with Crippen LogP contribution in [-0.2, 0) is 7.05 Å². The van der Waals surface area contributed by atoms with Crippen LogP contribution in [-0.4, -0.2) is 15.1 Å². The van der Waals surface area contributed by atoms with Crippen LogP contribution in [0.2, 0.25) is 0 Å². The molecule has 0 aliphatic rings. The number of rotatable bonds is 7. The minimum absolute atomic E-state index is 0.0220. The zero-order chi connectivity index (χ0) is 16.1. The first-order valence-electron chi connectivity index (χ1n) is 7.98. The highest BCUT2D eigenvalue weighted by Crippen LogP contribution is 2.18. The molecule has 4 heteroatoms. The van der Waals surface area contributed by atoms with E-state index in [-0.39, 0.29) is 17.3 Å². The Morgan fingerprint density at radius 1 is 1.18 bits per heavy atom. The number of hydrogen-bond acceptors (Lipinski definition) is 2. The third-order valence-electron chi connectivity index (χ3n) is 4.09. The summed E-state index contributed by atoms with van der Waals surface area (Å²) in [4.78, 5) is 25.3. The zero-order valence-electron chi connectivity index (χ0n) is 13.6. The number of aromatic nitrogens is 2. The van der Waals surface area contributed by atoms with E-state index in [4.69, 9.17) is 0 Å². The van der Waals surface area contributed by atoms with Crippen LogP contribution < -0.4 is 5.56 Å². The van der Waals surface area contributed by atoms with Crippen LogP contribution in [0.25, 0.3) is 5.69 Å². The second kappa shape index (κ2) is 7.25. The molecule has 118 valence electrons. The number of hydrogen-bond donors (Lipinski definition) is 0. The van der Waals surface area contributed by atoms with Gasteiger partial charge in [0, 0.05) is 19.2 Å². The Kier molecular flexibility index (Phi) is 5.36. The van der Waals surface area contributed by atoms with Crippen LogP contribution in [0.1, 0.15) is 49.9 Å². The Bertz CT molecular complexity index is 683. The fourth-order valence-corrected chi connectivity index (χ4v) is 2.79. The van der Waals surface area contributed by atoms with E-state index in [1.54, 1.807) is 22.6 Å². The molecular formula is C18H24N2O2. The average molecular weight is 300 g/mol. The molecular weight excluding hydrogens is 276 g/mol. The van der Waals surface area contributed by atoms with Gasteiger partial charge in [-0.3, -0.25) is 14.3 Å². The summed E-state index contributed by atoms with van der Waals surface area (Å²) in [5.74, 6) is -0.0782. The molecule has 0 amide bonds. The molecule has 4 nitrogen and oxygen atoms in total. The lowest BCUT2D eigenvalue weighted by Crippen LogP contribution is -2.25. The summed E-state index contributed by atoms with van der Waals surface area (Å²) in [6.07, 6.45) is 5.37. The van der Waals surface area contributed by atoms with Crippen molar-refractivity contribution in [1.82, 2.24) is 9.36 Å². The molecule has 0 radical (unpaired) electrons. The number of ketones is 1. The highest BCUT2D eigenvalue weighted by molar-refractivity contribution is 5.97. The van der Waals surface area contributed by atoms with Crippen LogP contribution in [0.5, 0.6) is 0 Å². The Balaban J connectivity index is 2.38. The van der Waals surface area contributed by atoms with Crippen LogP contribution in [0.3, 0.4) is 0 Å². The molecule has 0 spiro atoms. The smallest absolute Gasteiger partial charge is 0.282 e. The fraction of sp³-hybridized carbons (Fsp3) is 0.444. The summed E-state index contributed by atoms with van der Waals surface area (Å²) in [6, 6.07) is 9.40. The first kappa shape index (κ1) is 16.3. The number of nitrogens with zero attached hydrogens (tertiary/aromatic N) is 2. The number of carbonyl (C=O) groups excluding carboxylic acids is 1. The van der Waals surface area contributed by atoms with Gasteiger partial charge >= 0.3 is 0 Å². The maximum Gasteiger partial charge on any atom is 0.282 e. The van der Waals surface area contributed by atoms with Crippen LogP contribution in [0.4, 0.5) is 0 Å². The van der Waals surface area contributed by atoms with Crippen molar-refractivity contribution in [2.45, 2.75) is 39.5 Å². The van der Waals surface area contributed by atoms with Gasteiger partial charge in [0.05, 0.1) is 5.69 Å². The normalized spacial score (nSPS) is 12.3. The third-order valence-corrected chi connectivity index (χ3v) is 4.09. The molecule has 1 heterocycles. The number of carbonyl (C=O) groups is 1. The van der Waals surface area contributed by atoms with Crippen LogP contribution >= 0.6 is 0 Å². The van der Waals surface area contributed by atoms with Crippen molar-refractivity contribution < 1.29 is 4.79 Å². The van der Waals surface area contributed by atoms with Gasteiger partial charge in [0.25, 0.3) is 5.56 Å². The van der Waals surface area contributed by atoms with E-state index in [9.17, 15) is 9.59 Å². The maximum absolute atomic E-state index is 12.7. The topological polar surface area (TPSA) is 44.0 Å². The van der Waals surface area contributed by atoms with Crippen molar-refractivity contribution in [2.24, 2.45) is 13.0 Å². The quantitative estimate of drug-likeness (QED) is 0.734. The number of aryl methyl sites for hydroxylation is 1. The van der Waals surface area contributed by atoms with Gasteiger partial charge in [-0.2, -0.15) is 0 Å². The molecule has 0 fully saturated rings. The Labute approximate surface area is 131 Å². The van der Waals surface area contributed by atoms with E-state index in [0.29, 0.717) is 5.56 Å². The monoisotopic (exact) mass is 300 g/mol. The molecule has 0 N–H and O–H groups in total. The highest BCUT2D eigenvalue weighted by atomic mass is 16.2. The number of benzene rings is 1. The summed E-state index contributed by atoms with van der Waals surface area (Å²) in [6.45, 7) is 4.12. The van der Waals surface area contributed by atoms with Crippen LogP contribution in [0.15, 0.2) is 41.3 Å². The standard InChI is InChI=1S/C18H24N2O2/c1-4-6-10-14(5-2)17(21)16-13-19(3)20(18(16)22)15-11-8-7-9-12-15/h7-9,11-14H,4-6,10H2,1-3H3. The lowest BCUT2D eigenvalue weighted by molar-refractivity contribution is 0.0907. The minimum Gasteiger partial charge on any atom is -0.294 e. The Morgan fingerprint density at radius 3 is 2.45 bits per heavy atom. The number of unbranched alkanes of at least 4 members (excludes halogenated alkanes) is 1. The van der Waals surface area contributed by atoms with Gasteiger partial charge in [-0.15, -0.1) is 0 Å². The lowest BCUT2D eigenvalue weighted by atomic mass is 9.92. The van der Waals surface area contributed by atoms with Gasteiger partial charge in [0.2, 0.25) is 0 Å². The first-order valence-corrected chi connectivity index (χ1v) is 7.98. The molecule has 0 saturated carbocycles. The van der Waals surface area contributed by atoms with Gasteiger partial charge in [0.15, 0.2) is 5.78 Å². The van der Waals surface area contributed by atoms with E-state index in [0.717, 1.165) is 31.4 Å². The van der Waals surface area contributed by atoms with Crippen molar-refractivity contribution in [3.8, 4) is 5.69 Å². The van der Waals surface area contributed by atoms with E-state index in [2.05, 4.69) is 6.92 Å². The second-order valence-corrected chi connectivity index (χ2v) is 5.68. The average Bonchev–Trinajstić information content (AvgIpc) is 2.83. The Morgan fingerprint density at radius 2 is 1.86 bits per heavy atom. The number of para-hydroxylation sites is 1. The van der Waals surface area contributed by atoms with Crippen molar-refractivity contribution in [2.75, 3.05) is 0 Å². The largest absolute Gasteiger partial charge is 0.294 e. The van der Waals surface area contributed by atoms with Gasteiger partial charge in [-0.05, 0) is 25.0 Å². The summed E-state index contributed by atoms with van der Waals surface area (Å²) < 4.78 is 3.23. The second-order valence-electron chi connectivity index (χ2n) is 5.68. The maximum atomic E-state index is 12.7. The summed E-state index contributed by atoms with van der Waals surface area (Å²) in [5.41, 5.74) is 0.846. The molecule has 1 unspecified atom stereocenters. The van der Waals surface area contributed by atoms with Crippen molar-refractivity contribution >= 4 is 5.78 Å². The zero-order valence-corrected chi connectivity index (χ0v) is 13.6. The van der Waals surface area contributed by atoms with Crippen molar-refractivity contribution in [1.29, 1.82) is 0 Å². The first-order chi connectivity index (χ1) is 10.6. The van der Waals surface area contributed by atoms with Crippen LogP contribution in [0, 0.1) is 5.92 Å². The summed E-state index contributed by atoms with van der Waals surface area (Å²) in [7, 11) is 1.79. The molecule has 1 aromatic heterocycles. The van der Waals surface area contributed by atoms with Crippen molar-refractivity contribution in [3.63, 3.8) is 0 Å². The highest BCUT2D eigenvalue weighted by Gasteiger charge is 2.23. The molecule has 2 aromatic rings. The van der Waals surface area contributed by atoms with Gasteiger partial charge in [-0.1, -0.05) is 44.9 Å². The van der Waals surface area contributed by atoms with E-state index in [1.807, 2.05) is 37.3 Å². The number of Topliss-reactive ketones (excluding diaryl/α,β-unsaturated/α-hetero) is 1. The molecule has 0 aliphatic carbocycles. The lowest BCUT2D eigenvalue weighted by Gasteiger charge is -2.11. The Hall–Kier alpha value is -2.10. The SMILES string of the molecule is CCCCC(CC)C(=O)c1cn(C)n(-c2ccccc2)c1=O. The molecule has 0 saturated heterocycles. The predicted octanol–water partition coefficient (Wildman–Crippen LogP) is 3.58. The molecule has 0 bridgehead atoms. The molecule has 2 rings (SSSR count). The summed E-state index contributed by atoms with van der Waals surface area (Å²) >= 11 is 0. The minimum atomic E-state index is -0.228. The van der Waals surface area contributed by atoms with Crippen molar-refractivity contribution in [3.05, 3.63) is 52.4 Å².